The SMILES string of the molecule is CNC(c1ccc(OC)c(Cl)c1)c1cc(Cl)ccc1F. The minimum Gasteiger partial charge on any atom is -0.495 e. The quantitative estimate of drug-likeness (QED) is 0.900. The molecule has 0 spiro atoms. The highest BCUT2D eigenvalue weighted by atomic mass is 35.5. The Bertz CT molecular complexity index is 619. The summed E-state index contributed by atoms with van der Waals surface area (Å²) in [7, 11) is 3.30. The summed E-state index contributed by atoms with van der Waals surface area (Å²) >= 11 is 12.1. The van der Waals surface area contributed by atoms with Gasteiger partial charge < -0.3 is 10.1 Å². The lowest BCUT2D eigenvalue weighted by Crippen LogP contribution is -2.19. The van der Waals surface area contributed by atoms with Gasteiger partial charge in [0.05, 0.1) is 18.2 Å². The molecule has 2 rings (SSSR count). The summed E-state index contributed by atoms with van der Waals surface area (Å²) in [5.74, 6) is 0.262. The molecule has 2 nitrogen and oxygen atoms in total. The second kappa shape index (κ2) is 6.44. The van der Waals surface area contributed by atoms with Crippen LogP contribution in [0.25, 0.3) is 0 Å². The van der Waals surface area contributed by atoms with Crippen molar-refractivity contribution in [3.05, 3.63) is 63.4 Å². The Kier molecular flexibility index (Phi) is 4.86. The molecule has 0 bridgehead atoms. The highest BCUT2D eigenvalue weighted by Crippen LogP contribution is 2.32. The average molecular weight is 314 g/mol. The summed E-state index contributed by atoms with van der Waals surface area (Å²) in [6.07, 6.45) is 0. The van der Waals surface area contributed by atoms with Crippen molar-refractivity contribution in [2.45, 2.75) is 6.04 Å². The van der Waals surface area contributed by atoms with Gasteiger partial charge in [-0.15, -0.1) is 0 Å². The molecule has 5 heteroatoms. The van der Waals surface area contributed by atoms with E-state index < -0.39 is 0 Å². The van der Waals surface area contributed by atoms with E-state index in [1.54, 1.807) is 32.4 Å². The standard InChI is InChI=1S/C15H14Cl2FNO/c1-19-15(11-8-10(16)4-5-13(11)18)9-3-6-14(20-2)12(17)7-9/h3-8,15,19H,1-2H3. The third-order valence-corrected chi connectivity index (χ3v) is 3.60. The molecule has 0 aliphatic carbocycles. The summed E-state index contributed by atoms with van der Waals surface area (Å²) in [6, 6.07) is 9.49. The van der Waals surface area contributed by atoms with Crippen LogP contribution in [0.5, 0.6) is 5.75 Å². The lowest BCUT2D eigenvalue weighted by molar-refractivity contribution is 0.414. The molecule has 20 heavy (non-hydrogen) atoms. The van der Waals surface area contributed by atoms with Crippen molar-refractivity contribution >= 4 is 23.2 Å². The van der Waals surface area contributed by atoms with Crippen LogP contribution in [0, 0.1) is 5.82 Å². The van der Waals surface area contributed by atoms with Crippen LogP contribution in [0.2, 0.25) is 10.0 Å². The molecule has 0 aliphatic heterocycles. The van der Waals surface area contributed by atoms with Crippen molar-refractivity contribution < 1.29 is 9.13 Å². The van der Waals surface area contributed by atoms with Crippen LogP contribution >= 0.6 is 23.2 Å². The fourth-order valence-corrected chi connectivity index (χ4v) is 2.55. The molecule has 1 unspecified atom stereocenters. The molecule has 0 aliphatic rings. The summed E-state index contributed by atoms with van der Waals surface area (Å²) in [5.41, 5.74) is 1.31. The molecule has 1 N–H and O–H groups in total. The van der Waals surface area contributed by atoms with Crippen LogP contribution in [0.1, 0.15) is 17.2 Å². The Hall–Kier alpha value is -1.29. The molecule has 106 valence electrons. The molecule has 0 heterocycles. The molecule has 0 amide bonds. The maximum Gasteiger partial charge on any atom is 0.137 e. The third-order valence-electron chi connectivity index (χ3n) is 3.07. The predicted molar refractivity (Wildman–Crippen MR) is 80.3 cm³/mol. The van der Waals surface area contributed by atoms with E-state index in [9.17, 15) is 4.39 Å². The largest absolute Gasteiger partial charge is 0.495 e. The molecular formula is C15H14Cl2FNO. The van der Waals surface area contributed by atoms with Gasteiger partial charge in [-0.05, 0) is 42.9 Å². The zero-order valence-electron chi connectivity index (χ0n) is 11.1. The number of nitrogens with one attached hydrogen (secondary N) is 1. The zero-order chi connectivity index (χ0) is 14.7. The molecular weight excluding hydrogens is 300 g/mol. The molecule has 1 atom stereocenters. The average Bonchev–Trinajstić information content (AvgIpc) is 2.44. The lowest BCUT2D eigenvalue weighted by Gasteiger charge is -2.19. The lowest BCUT2D eigenvalue weighted by atomic mass is 9.98. The monoisotopic (exact) mass is 313 g/mol. The van der Waals surface area contributed by atoms with Crippen LogP contribution in [0.3, 0.4) is 0 Å². The van der Waals surface area contributed by atoms with Crippen molar-refractivity contribution in [3.8, 4) is 5.75 Å². The Morgan fingerprint density at radius 1 is 1.15 bits per heavy atom. The van der Waals surface area contributed by atoms with Gasteiger partial charge in [0.25, 0.3) is 0 Å². The molecule has 0 aromatic heterocycles. The molecule has 2 aromatic carbocycles. The first-order valence-corrected chi connectivity index (χ1v) is 6.78. The second-order valence-electron chi connectivity index (χ2n) is 4.28. The summed E-state index contributed by atoms with van der Waals surface area (Å²) < 4.78 is 19.1. The molecule has 2 aromatic rings. The van der Waals surface area contributed by atoms with E-state index in [0.717, 1.165) is 5.56 Å². The summed E-state index contributed by atoms with van der Waals surface area (Å²) in [5, 5.41) is 4.04. The maximum atomic E-state index is 14.0. The smallest absolute Gasteiger partial charge is 0.137 e. The summed E-state index contributed by atoms with van der Waals surface area (Å²) in [4.78, 5) is 0. The van der Waals surface area contributed by atoms with E-state index in [1.807, 2.05) is 6.07 Å². The van der Waals surface area contributed by atoms with Crippen molar-refractivity contribution in [3.63, 3.8) is 0 Å². The minimum atomic E-state index is -0.336. The molecule has 0 radical (unpaired) electrons. The Labute approximate surface area is 127 Å². The Balaban J connectivity index is 2.46. The number of methoxy groups -OCH3 is 1. The number of halogens is 3. The number of hydrogen-bond donors (Lipinski definition) is 1. The van der Waals surface area contributed by atoms with Gasteiger partial charge in [-0.1, -0.05) is 29.3 Å². The van der Waals surface area contributed by atoms with E-state index in [-0.39, 0.29) is 11.9 Å². The van der Waals surface area contributed by atoms with Gasteiger partial charge in [-0.2, -0.15) is 0 Å². The first-order chi connectivity index (χ1) is 9.56. The Morgan fingerprint density at radius 3 is 2.50 bits per heavy atom. The van der Waals surface area contributed by atoms with E-state index in [4.69, 9.17) is 27.9 Å². The zero-order valence-corrected chi connectivity index (χ0v) is 12.6. The highest BCUT2D eigenvalue weighted by molar-refractivity contribution is 6.32. The van der Waals surface area contributed by atoms with Gasteiger partial charge in [-0.3, -0.25) is 0 Å². The summed E-state index contributed by atoms with van der Waals surface area (Å²) in [6.45, 7) is 0. The van der Waals surface area contributed by atoms with Crippen LogP contribution in [0.4, 0.5) is 4.39 Å². The van der Waals surface area contributed by atoms with Gasteiger partial charge in [0, 0.05) is 10.6 Å². The van der Waals surface area contributed by atoms with Gasteiger partial charge in [0.15, 0.2) is 0 Å². The van der Waals surface area contributed by atoms with Crippen molar-refractivity contribution in [1.29, 1.82) is 0 Å². The molecule has 0 saturated heterocycles. The van der Waals surface area contributed by atoms with Crippen LogP contribution in [-0.4, -0.2) is 14.2 Å². The van der Waals surface area contributed by atoms with Crippen molar-refractivity contribution in [1.82, 2.24) is 5.32 Å². The minimum absolute atomic E-state index is 0.319. The van der Waals surface area contributed by atoms with Crippen LogP contribution in [0.15, 0.2) is 36.4 Å². The van der Waals surface area contributed by atoms with Gasteiger partial charge in [0.1, 0.15) is 11.6 Å². The predicted octanol–water partition coefficient (Wildman–Crippen LogP) is 4.45. The van der Waals surface area contributed by atoms with Crippen LogP contribution in [-0.2, 0) is 0 Å². The molecule has 0 saturated carbocycles. The Morgan fingerprint density at radius 2 is 1.90 bits per heavy atom. The van der Waals surface area contributed by atoms with Crippen molar-refractivity contribution in [2.24, 2.45) is 0 Å². The van der Waals surface area contributed by atoms with E-state index in [1.165, 1.54) is 12.1 Å². The van der Waals surface area contributed by atoms with Gasteiger partial charge in [-0.25, -0.2) is 4.39 Å². The third kappa shape index (κ3) is 3.06. The molecule has 0 fully saturated rings. The first-order valence-electron chi connectivity index (χ1n) is 6.02. The fraction of sp³-hybridized carbons (Fsp3) is 0.200. The number of hydrogen-bond acceptors (Lipinski definition) is 2. The number of ether oxygens (including phenoxy) is 1. The van der Waals surface area contributed by atoms with Gasteiger partial charge >= 0.3 is 0 Å². The van der Waals surface area contributed by atoms with Gasteiger partial charge in [0.2, 0.25) is 0 Å². The normalized spacial score (nSPS) is 12.2. The van der Waals surface area contributed by atoms with Crippen molar-refractivity contribution in [2.75, 3.05) is 14.2 Å². The maximum absolute atomic E-state index is 14.0. The second-order valence-corrected chi connectivity index (χ2v) is 5.13. The fourth-order valence-electron chi connectivity index (χ4n) is 2.10. The topological polar surface area (TPSA) is 21.3 Å². The van der Waals surface area contributed by atoms with E-state index in [2.05, 4.69) is 5.32 Å². The highest BCUT2D eigenvalue weighted by Gasteiger charge is 2.18. The van der Waals surface area contributed by atoms with Crippen LogP contribution < -0.4 is 10.1 Å². The number of benzene rings is 2. The first kappa shape index (κ1) is 15.1. The van der Waals surface area contributed by atoms with E-state index >= 15 is 0 Å². The number of rotatable bonds is 4. The van der Waals surface area contributed by atoms with E-state index in [0.29, 0.717) is 21.4 Å².